The van der Waals surface area contributed by atoms with Gasteiger partial charge in [0.15, 0.2) is 0 Å². The average Bonchev–Trinajstić information content (AvgIpc) is 3.38. The van der Waals surface area contributed by atoms with Crippen molar-refractivity contribution in [2.24, 2.45) is 0 Å². The smallest absolute Gasteiger partial charge is 0.268 e. The number of anilines is 1. The Kier molecular flexibility index (Phi) is 6.24. The SMILES string of the molecule is O=C(Nc1ncn(Cc2ccc(F)cc2Cl)n1)c1cc(COc2cccc(F)c2)cs1. The highest BCUT2D eigenvalue weighted by Crippen LogP contribution is 2.20. The predicted molar refractivity (Wildman–Crippen MR) is 114 cm³/mol. The maximum absolute atomic E-state index is 13.2. The molecule has 0 saturated carbocycles. The molecule has 0 bridgehead atoms. The van der Waals surface area contributed by atoms with Gasteiger partial charge in [-0.25, -0.2) is 18.4 Å². The number of aromatic nitrogens is 3. The van der Waals surface area contributed by atoms with E-state index >= 15 is 0 Å². The first kappa shape index (κ1) is 21.0. The molecule has 0 radical (unpaired) electrons. The van der Waals surface area contributed by atoms with Crippen LogP contribution in [0.15, 0.2) is 60.2 Å². The summed E-state index contributed by atoms with van der Waals surface area (Å²) in [5.41, 5.74) is 1.45. The van der Waals surface area contributed by atoms with E-state index in [1.807, 2.05) is 0 Å². The number of carbonyl (C=O) groups is 1. The fourth-order valence-corrected chi connectivity index (χ4v) is 3.73. The molecule has 2 aromatic carbocycles. The zero-order valence-corrected chi connectivity index (χ0v) is 17.5. The lowest BCUT2D eigenvalue weighted by Crippen LogP contribution is -2.12. The van der Waals surface area contributed by atoms with Crippen LogP contribution in [0.25, 0.3) is 0 Å². The van der Waals surface area contributed by atoms with Crippen LogP contribution in [0.2, 0.25) is 5.02 Å². The fraction of sp³-hybridized carbons (Fsp3) is 0.0952. The molecule has 0 aliphatic rings. The zero-order chi connectivity index (χ0) is 21.8. The highest BCUT2D eigenvalue weighted by atomic mass is 35.5. The molecule has 158 valence electrons. The Morgan fingerprint density at radius 2 is 2.00 bits per heavy atom. The Morgan fingerprint density at radius 3 is 2.81 bits per heavy atom. The van der Waals surface area contributed by atoms with Gasteiger partial charge >= 0.3 is 0 Å². The minimum Gasteiger partial charge on any atom is -0.489 e. The van der Waals surface area contributed by atoms with Crippen molar-refractivity contribution in [1.29, 1.82) is 0 Å². The molecule has 0 fully saturated rings. The van der Waals surface area contributed by atoms with E-state index in [2.05, 4.69) is 15.4 Å². The molecule has 1 N–H and O–H groups in total. The maximum atomic E-state index is 13.2. The highest BCUT2D eigenvalue weighted by molar-refractivity contribution is 7.12. The van der Waals surface area contributed by atoms with Crippen molar-refractivity contribution in [2.75, 3.05) is 5.32 Å². The number of hydrogen-bond acceptors (Lipinski definition) is 5. The Balaban J connectivity index is 1.34. The summed E-state index contributed by atoms with van der Waals surface area (Å²) in [5.74, 6) is -0.615. The number of carbonyl (C=O) groups excluding carboxylic acids is 1. The number of amides is 1. The van der Waals surface area contributed by atoms with Gasteiger partial charge in [0.2, 0.25) is 5.95 Å². The number of benzene rings is 2. The zero-order valence-electron chi connectivity index (χ0n) is 15.9. The predicted octanol–water partition coefficient (Wildman–Crippen LogP) is 5.15. The van der Waals surface area contributed by atoms with Crippen LogP contribution in [0, 0.1) is 11.6 Å². The molecule has 4 rings (SSSR count). The summed E-state index contributed by atoms with van der Waals surface area (Å²) < 4.78 is 33.4. The van der Waals surface area contributed by atoms with E-state index < -0.39 is 5.82 Å². The number of nitrogens with zero attached hydrogens (tertiary/aromatic N) is 3. The van der Waals surface area contributed by atoms with Crippen LogP contribution >= 0.6 is 22.9 Å². The molecule has 6 nitrogen and oxygen atoms in total. The van der Waals surface area contributed by atoms with Crippen molar-refractivity contribution in [3.8, 4) is 5.75 Å². The number of rotatable bonds is 7. The van der Waals surface area contributed by atoms with E-state index in [0.717, 1.165) is 5.56 Å². The van der Waals surface area contributed by atoms with Crippen LogP contribution in [-0.2, 0) is 13.2 Å². The van der Waals surface area contributed by atoms with Crippen molar-refractivity contribution in [2.45, 2.75) is 13.2 Å². The van der Waals surface area contributed by atoms with Crippen molar-refractivity contribution >= 4 is 34.8 Å². The first-order valence-electron chi connectivity index (χ1n) is 9.07. The summed E-state index contributed by atoms with van der Waals surface area (Å²) >= 11 is 7.27. The molecule has 2 heterocycles. The number of halogens is 3. The largest absolute Gasteiger partial charge is 0.489 e. The van der Waals surface area contributed by atoms with Crippen molar-refractivity contribution < 1.29 is 18.3 Å². The minimum absolute atomic E-state index is 0.134. The standard InChI is InChI=1S/C21H15ClF2N4O2S/c22-18-8-16(24)5-4-14(18)9-28-12-25-21(27-28)26-20(29)19-6-13(11-31-19)10-30-17-3-1-2-15(23)7-17/h1-8,11-12H,9-10H2,(H,26,27,29). The van der Waals surface area contributed by atoms with Gasteiger partial charge in [0.25, 0.3) is 5.91 Å². The first-order valence-corrected chi connectivity index (χ1v) is 10.3. The quantitative estimate of drug-likeness (QED) is 0.414. The third-order valence-electron chi connectivity index (χ3n) is 4.19. The van der Waals surface area contributed by atoms with Gasteiger partial charge in [0, 0.05) is 16.7 Å². The summed E-state index contributed by atoms with van der Waals surface area (Å²) in [6.07, 6.45) is 1.45. The summed E-state index contributed by atoms with van der Waals surface area (Å²) in [5, 5.41) is 8.89. The third kappa shape index (κ3) is 5.44. The molecule has 0 spiro atoms. The number of ether oxygens (including phenoxy) is 1. The van der Waals surface area contributed by atoms with E-state index in [0.29, 0.717) is 16.2 Å². The highest BCUT2D eigenvalue weighted by Gasteiger charge is 2.13. The van der Waals surface area contributed by atoms with Crippen molar-refractivity contribution in [3.63, 3.8) is 0 Å². The first-order chi connectivity index (χ1) is 15.0. The average molecular weight is 461 g/mol. The Hall–Kier alpha value is -3.30. The Bertz CT molecular complexity index is 1230. The molecular weight excluding hydrogens is 446 g/mol. The molecule has 4 aromatic rings. The molecular formula is C21H15ClF2N4O2S. The third-order valence-corrected chi connectivity index (χ3v) is 5.52. The molecule has 10 heteroatoms. The molecule has 1 amide bonds. The van der Waals surface area contributed by atoms with E-state index in [1.54, 1.807) is 29.6 Å². The maximum Gasteiger partial charge on any atom is 0.268 e. The van der Waals surface area contributed by atoms with Crippen LogP contribution < -0.4 is 10.1 Å². The van der Waals surface area contributed by atoms with Crippen LogP contribution in [0.1, 0.15) is 20.8 Å². The molecule has 31 heavy (non-hydrogen) atoms. The van der Waals surface area contributed by atoms with Gasteiger partial charge in [-0.05, 0) is 41.3 Å². The Morgan fingerprint density at radius 1 is 1.16 bits per heavy atom. The van der Waals surface area contributed by atoms with Crippen LogP contribution in [0.5, 0.6) is 5.75 Å². The topological polar surface area (TPSA) is 69.0 Å². The van der Waals surface area contributed by atoms with E-state index in [9.17, 15) is 13.6 Å². The van der Waals surface area contributed by atoms with Crippen LogP contribution in [0.3, 0.4) is 0 Å². The summed E-state index contributed by atoms with van der Waals surface area (Å²) in [7, 11) is 0. The Labute approximate surface area is 185 Å². The second-order valence-electron chi connectivity index (χ2n) is 6.52. The van der Waals surface area contributed by atoms with Crippen molar-refractivity contribution in [1.82, 2.24) is 14.8 Å². The van der Waals surface area contributed by atoms with Gasteiger partial charge in [0.05, 0.1) is 11.4 Å². The lowest BCUT2D eigenvalue weighted by molar-refractivity contribution is 0.102. The lowest BCUT2D eigenvalue weighted by atomic mass is 10.2. The molecule has 0 saturated heterocycles. The number of nitrogens with one attached hydrogen (secondary N) is 1. The number of hydrogen-bond donors (Lipinski definition) is 1. The van der Waals surface area contributed by atoms with Crippen LogP contribution in [0.4, 0.5) is 14.7 Å². The molecule has 0 aliphatic heterocycles. The van der Waals surface area contributed by atoms with Gasteiger partial charge in [-0.1, -0.05) is 23.7 Å². The van der Waals surface area contributed by atoms with Gasteiger partial charge < -0.3 is 4.74 Å². The van der Waals surface area contributed by atoms with E-state index in [-0.39, 0.29) is 35.8 Å². The molecule has 0 aliphatic carbocycles. The second kappa shape index (κ2) is 9.23. The summed E-state index contributed by atoms with van der Waals surface area (Å²) in [6.45, 7) is 0.487. The fourth-order valence-electron chi connectivity index (χ4n) is 2.71. The number of thiophene rings is 1. The lowest BCUT2D eigenvalue weighted by Gasteiger charge is -2.04. The van der Waals surface area contributed by atoms with Gasteiger partial charge in [-0.15, -0.1) is 16.4 Å². The van der Waals surface area contributed by atoms with Crippen LogP contribution in [-0.4, -0.2) is 20.7 Å². The summed E-state index contributed by atoms with van der Waals surface area (Å²) in [4.78, 5) is 17.0. The van der Waals surface area contributed by atoms with E-state index in [1.165, 1.54) is 46.6 Å². The second-order valence-corrected chi connectivity index (χ2v) is 7.84. The van der Waals surface area contributed by atoms with Gasteiger partial charge in [-0.2, -0.15) is 0 Å². The summed E-state index contributed by atoms with van der Waals surface area (Å²) in [6, 6.07) is 11.6. The molecule has 0 unspecified atom stereocenters. The van der Waals surface area contributed by atoms with Crippen molar-refractivity contribution in [3.05, 3.63) is 92.9 Å². The minimum atomic E-state index is -0.419. The van der Waals surface area contributed by atoms with Gasteiger partial charge in [-0.3, -0.25) is 10.1 Å². The monoisotopic (exact) mass is 460 g/mol. The van der Waals surface area contributed by atoms with E-state index in [4.69, 9.17) is 16.3 Å². The molecule has 0 atom stereocenters. The normalized spacial score (nSPS) is 10.8. The molecule has 2 aromatic heterocycles. The van der Waals surface area contributed by atoms with Gasteiger partial charge in [0.1, 0.15) is 30.3 Å².